The third-order valence-corrected chi connectivity index (χ3v) is 5.16. The second-order valence-corrected chi connectivity index (χ2v) is 6.73. The van der Waals surface area contributed by atoms with E-state index < -0.39 is 11.4 Å². The Morgan fingerprint density at radius 1 is 1.15 bits per heavy atom. The summed E-state index contributed by atoms with van der Waals surface area (Å²) in [5, 5.41) is 15.0. The Labute approximate surface area is 147 Å². The van der Waals surface area contributed by atoms with E-state index in [0.717, 1.165) is 46.9 Å². The number of hydrogen-bond acceptors (Lipinski definition) is 5. The lowest BCUT2D eigenvalue weighted by Gasteiger charge is -2.37. The molecule has 7 heteroatoms. The minimum absolute atomic E-state index is 0.364. The largest absolute Gasteiger partial charge is 0.439 e. The standard InChI is InChI=1S/C19H16N4O3/c24-18-22-17(23-26-18)15-10-21-16-14(15)8-12(9-20-16)11-2-4-13(5-3-11)19(25)6-1-7-19/h2-5,8-10,25H,1,6-7H2,(H,20,21)(H,22,23,24). The number of rotatable bonds is 3. The van der Waals surface area contributed by atoms with Crippen molar-refractivity contribution in [3.63, 3.8) is 0 Å². The molecule has 1 aliphatic carbocycles. The first-order chi connectivity index (χ1) is 12.6. The zero-order valence-electron chi connectivity index (χ0n) is 13.8. The molecule has 0 atom stereocenters. The summed E-state index contributed by atoms with van der Waals surface area (Å²) in [6, 6.07) is 9.95. The van der Waals surface area contributed by atoms with Gasteiger partial charge in [-0.2, -0.15) is 0 Å². The van der Waals surface area contributed by atoms with Crippen molar-refractivity contribution in [3.8, 4) is 22.5 Å². The van der Waals surface area contributed by atoms with Crippen LogP contribution in [0, 0.1) is 0 Å². The van der Waals surface area contributed by atoms with Crippen molar-refractivity contribution < 1.29 is 9.63 Å². The molecule has 0 aliphatic heterocycles. The molecule has 1 fully saturated rings. The molecule has 0 radical (unpaired) electrons. The summed E-state index contributed by atoms with van der Waals surface area (Å²) in [6.45, 7) is 0. The van der Waals surface area contributed by atoms with Crippen LogP contribution in [-0.2, 0) is 5.60 Å². The summed E-state index contributed by atoms with van der Waals surface area (Å²) in [4.78, 5) is 21.3. The first kappa shape index (κ1) is 15.1. The van der Waals surface area contributed by atoms with Crippen LogP contribution in [0.4, 0.5) is 0 Å². The van der Waals surface area contributed by atoms with Crippen molar-refractivity contribution in [2.24, 2.45) is 0 Å². The van der Waals surface area contributed by atoms with E-state index in [2.05, 4.69) is 24.6 Å². The normalized spacial score (nSPS) is 15.9. The van der Waals surface area contributed by atoms with Gasteiger partial charge in [0.05, 0.1) is 5.60 Å². The van der Waals surface area contributed by atoms with E-state index in [4.69, 9.17) is 0 Å². The van der Waals surface area contributed by atoms with Gasteiger partial charge in [0.25, 0.3) is 0 Å². The van der Waals surface area contributed by atoms with Crippen LogP contribution in [0.25, 0.3) is 33.5 Å². The zero-order valence-corrected chi connectivity index (χ0v) is 13.8. The smallest absolute Gasteiger partial charge is 0.385 e. The maximum absolute atomic E-state index is 11.2. The molecule has 26 heavy (non-hydrogen) atoms. The quantitative estimate of drug-likeness (QED) is 0.527. The Bertz CT molecular complexity index is 1150. The van der Waals surface area contributed by atoms with Gasteiger partial charge in [0, 0.05) is 28.9 Å². The van der Waals surface area contributed by atoms with Crippen molar-refractivity contribution in [1.82, 2.24) is 20.1 Å². The lowest BCUT2D eigenvalue weighted by molar-refractivity contribution is -0.0387. The molecule has 3 N–H and O–H groups in total. The minimum Gasteiger partial charge on any atom is -0.385 e. The predicted molar refractivity (Wildman–Crippen MR) is 95.4 cm³/mol. The van der Waals surface area contributed by atoms with E-state index in [9.17, 15) is 9.90 Å². The van der Waals surface area contributed by atoms with Gasteiger partial charge in [0.15, 0.2) is 5.82 Å². The number of fused-ring (bicyclic) bond motifs is 1. The SMILES string of the molecule is O=c1[nH]c(-c2c[nH]c3ncc(-c4ccc(C5(O)CCC5)cc4)cc23)no1. The van der Waals surface area contributed by atoms with Gasteiger partial charge in [-0.25, -0.2) is 9.78 Å². The summed E-state index contributed by atoms with van der Waals surface area (Å²) in [6.07, 6.45) is 6.25. The third-order valence-electron chi connectivity index (χ3n) is 5.16. The summed E-state index contributed by atoms with van der Waals surface area (Å²) in [7, 11) is 0. The molecule has 1 aromatic carbocycles. The van der Waals surface area contributed by atoms with Gasteiger partial charge < -0.3 is 10.1 Å². The number of pyridine rings is 1. The van der Waals surface area contributed by atoms with Crippen molar-refractivity contribution in [1.29, 1.82) is 0 Å². The topological polar surface area (TPSA) is 108 Å². The predicted octanol–water partition coefficient (Wildman–Crippen LogP) is 2.94. The number of aromatic nitrogens is 4. The fourth-order valence-electron chi connectivity index (χ4n) is 3.48. The van der Waals surface area contributed by atoms with Gasteiger partial charge in [-0.15, -0.1) is 0 Å². The number of aliphatic hydroxyl groups is 1. The van der Waals surface area contributed by atoms with E-state index >= 15 is 0 Å². The van der Waals surface area contributed by atoms with Crippen molar-refractivity contribution in [2.45, 2.75) is 24.9 Å². The number of nitrogens with zero attached hydrogens (tertiary/aromatic N) is 2. The van der Waals surface area contributed by atoms with Crippen molar-refractivity contribution in [3.05, 3.63) is 58.8 Å². The number of hydrogen-bond donors (Lipinski definition) is 3. The number of nitrogens with one attached hydrogen (secondary N) is 2. The molecule has 130 valence electrons. The molecule has 1 saturated carbocycles. The molecular formula is C19H16N4O3. The van der Waals surface area contributed by atoms with Crippen molar-refractivity contribution >= 4 is 11.0 Å². The minimum atomic E-state index is -0.659. The van der Waals surface area contributed by atoms with E-state index in [1.807, 2.05) is 30.3 Å². The highest BCUT2D eigenvalue weighted by molar-refractivity contribution is 5.94. The van der Waals surface area contributed by atoms with E-state index in [1.54, 1.807) is 12.4 Å². The van der Waals surface area contributed by atoms with Gasteiger partial charge in [0.2, 0.25) is 0 Å². The molecule has 4 aromatic rings. The molecule has 1 aliphatic rings. The van der Waals surface area contributed by atoms with Crippen LogP contribution in [-0.4, -0.2) is 25.2 Å². The van der Waals surface area contributed by atoms with Gasteiger partial charge in [-0.05, 0) is 36.5 Å². The molecule has 7 nitrogen and oxygen atoms in total. The van der Waals surface area contributed by atoms with E-state index in [1.165, 1.54) is 0 Å². The van der Waals surface area contributed by atoms with Gasteiger partial charge in [0.1, 0.15) is 5.65 Å². The van der Waals surface area contributed by atoms with Crippen LogP contribution in [0.15, 0.2) is 52.0 Å². The Balaban J connectivity index is 1.56. The molecule has 0 saturated heterocycles. The second-order valence-electron chi connectivity index (χ2n) is 6.73. The van der Waals surface area contributed by atoms with E-state index in [-0.39, 0.29) is 0 Å². The Hall–Kier alpha value is -3.19. The van der Waals surface area contributed by atoms with Crippen molar-refractivity contribution in [2.75, 3.05) is 0 Å². The zero-order chi connectivity index (χ0) is 17.7. The summed E-state index contributed by atoms with van der Waals surface area (Å²) in [5.74, 6) is -0.231. The van der Waals surface area contributed by atoms with Crippen LogP contribution in [0.5, 0.6) is 0 Å². The molecule has 5 rings (SSSR count). The Morgan fingerprint density at radius 2 is 1.96 bits per heavy atom. The van der Waals surface area contributed by atoms with Gasteiger partial charge in [-0.1, -0.05) is 29.4 Å². The highest BCUT2D eigenvalue weighted by atomic mass is 16.5. The first-order valence-electron chi connectivity index (χ1n) is 8.49. The molecule has 0 amide bonds. The molecular weight excluding hydrogens is 332 g/mol. The Morgan fingerprint density at radius 3 is 2.62 bits per heavy atom. The number of benzene rings is 1. The Kier molecular flexibility index (Phi) is 3.14. The van der Waals surface area contributed by atoms with Gasteiger partial charge in [-0.3, -0.25) is 9.51 Å². The fraction of sp³-hybridized carbons (Fsp3) is 0.211. The maximum atomic E-state index is 11.2. The number of aromatic amines is 2. The second kappa shape index (κ2) is 5.40. The van der Waals surface area contributed by atoms with Crippen LogP contribution < -0.4 is 5.76 Å². The monoisotopic (exact) mass is 348 g/mol. The average Bonchev–Trinajstić information content (AvgIpc) is 3.25. The van der Waals surface area contributed by atoms with Crippen LogP contribution in [0.3, 0.4) is 0 Å². The highest BCUT2D eigenvalue weighted by Crippen LogP contribution is 2.41. The van der Waals surface area contributed by atoms with Crippen LogP contribution in [0.2, 0.25) is 0 Å². The molecule has 3 heterocycles. The summed E-state index contributed by atoms with van der Waals surface area (Å²) >= 11 is 0. The molecule has 0 spiro atoms. The summed E-state index contributed by atoms with van der Waals surface area (Å²) in [5.41, 5.74) is 3.67. The third kappa shape index (κ3) is 2.28. The molecule has 3 aromatic heterocycles. The fourth-order valence-corrected chi connectivity index (χ4v) is 3.48. The van der Waals surface area contributed by atoms with E-state index in [0.29, 0.717) is 11.5 Å². The first-order valence-corrected chi connectivity index (χ1v) is 8.49. The van der Waals surface area contributed by atoms with Crippen LogP contribution >= 0.6 is 0 Å². The molecule has 0 bridgehead atoms. The number of H-pyrrole nitrogens is 2. The van der Waals surface area contributed by atoms with Crippen LogP contribution in [0.1, 0.15) is 24.8 Å². The maximum Gasteiger partial charge on any atom is 0.439 e. The highest BCUT2D eigenvalue weighted by Gasteiger charge is 2.35. The average molecular weight is 348 g/mol. The summed E-state index contributed by atoms with van der Waals surface area (Å²) < 4.78 is 4.59. The van der Waals surface area contributed by atoms with Gasteiger partial charge >= 0.3 is 5.76 Å². The lowest BCUT2D eigenvalue weighted by atomic mass is 9.75. The lowest BCUT2D eigenvalue weighted by Crippen LogP contribution is -2.33. The molecule has 0 unspecified atom stereocenters.